The van der Waals surface area contributed by atoms with Crippen LogP contribution in [0.4, 0.5) is 0 Å². The number of aromatic amines is 1. The molecule has 1 aliphatic rings. The molecule has 102 valence electrons. The maximum Gasteiger partial charge on any atom is 0.259 e. The molecule has 2 N–H and O–H groups in total. The lowest BCUT2D eigenvalue weighted by atomic mass is 10.0. The number of rotatable bonds is 4. The number of aromatic nitrogens is 2. The lowest BCUT2D eigenvalue weighted by Crippen LogP contribution is -2.42. The van der Waals surface area contributed by atoms with Gasteiger partial charge in [0.1, 0.15) is 5.82 Å². The van der Waals surface area contributed by atoms with Crippen molar-refractivity contribution in [2.75, 3.05) is 13.6 Å². The van der Waals surface area contributed by atoms with E-state index in [9.17, 15) is 13.5 Å². The van der Waals surface area contributed by atoms with Crippen LogP contribution >= 0.6 is 0 Å². The summed E-state index contributed by atoms with van der Waals surface area (Å²) in [5.74, 6) is 0.557. The van der Waals surface area contributed by atoms with Crippen LogP contribution in [0.2, 0.25) is 0 Å². The quantitative estimate of drug-likeness (QED) is 0.843. The van der Waals surface area contributed by atoms with Crippen LogP contribution in [-0.2, 0) is 10.0 Å². The minimum absolute atomic E-state index is 0.0732. The minimum Gasteiger partial charge on any atom is -0.389 e. The van der Waals surface area contributed by atoms with Gasteiger partial charge in [0.2, 0.25) is 0 Å². The molecule has 0 radical (unpaired) electrons. The highest BCUT2D eigenvalue weighted by Crippen LogP contribution is 2.31. The highest BCUT2D eigenvalue weighted by Gasteiger charge is 2.36. The topological polar surface area (TPSA) is 86.3 Å². The molecule has 0 bridgehead atoms. The van der Waals surface area contributed by atoms with E-state index in [1.165, 1.54) is 17.5 Å². The number of hydrogen-bond donors (Lipinski definition) is 2. The van der Waals surface area contributed by atoms with Gasteiger partial charge in [-0.05, 0) is 19.8 Å². The average Bonchev–Trinajstić information content (AvgIpc) is 2.87. The maximum atomic E-state index is 12.2. The fourth-order valence-corrected chi connectivity index (χ4v) is 3.60. The summed E-state index contributed by atoms with van der Waals surface area (Å²) < 4.78 is 25.6. The summed E-state index contributed by atoms with van der Waals surface area (Å²) in [6.45, 7) is 1.83. The van der Waals surface area contributed by atoms with Gasteiger partial charge in [-0.15, -0.1) is 0 Å². The van der Waals surface area contributed by atoms with Crippen molar-refractivity contribution in [3.05, 3.63) is 12.0 Å². The third kappa shape index (κ3) is 2.57. The molecule has 1 heterocycles. The molecule has 0 aromatic carbocycles. The van der Waals surface area contributed by atoms with E-state index >= 15 is 0 Å². The smallest absolute Gasteiger partial charge is 0.259 e. The molecule has 0 unspecified atom stereocenters. The van der Waals surface area contributed by atoms with Gasteiger partial charge in [-0.3, -0.25) is 0 Å². The van der Waals surface area contributed by atoms with Gasteiger partial charge in [0.05, 0.1) is 11.8 Å². The molecular weight excluding hydrogens is 254 g/mol. The van der Waals surface area contributed by atoms with E-state index in [0.29, 0.717) is 18.7 Å². The fraction of sp³-hybridized carbons (Fsp3) is 0.727. The van der Waals surface area contributed by atoms with Crippen molar-refractivity contribution in [3.63, 3.8) is 0 Å². The lowest BCUT2D eigenvalue weighted by molar-refractivity contribution is 0.0333. The second-order valence-corrected chi connectivity index (χ2v) is 7.04. The number of aliphatic hydroxyl groups is 1. The Morgan fingerprint density at radius 2 is 2.11 bits per heavy atom. The summed E-state index contributed by atoms with van der Waals surface area (Å²) in [5, 5.41) is 10.3. The summed E-state index contributed by atoms with van der Waals surface area (Å²) in [6.07, 6.45) is 4.53. The van der Waals surface area contributed by atoms with Crippen molar-refractivity contribution in [3.8, 4) is 0 Å². The molecule has 0 aliphatic heterocycles. The normalized spacial score (nSPS) is 19.6. The monoisotopic (exact) mass is 273 g/mol. The number of aryl methyl sites for hydroxylation is 1. The van der Waals surface area contributed by atoms with Crippen LogP contribution in [0.15, 0.2) is 11.2 Å². The van der Waals surface area contributed by atoms with Gasteiger partial charge < -0.3 is 10.1 Å². The molecule has 2 rings (SSSR count). The van der Waals surface area contributed by atoms with E-state index in [0.717, 1.165) is 12.8 Å². The van der Waals surface area contributed by atoms with Crippen LogP contribution in [0.5, 0.6) is 0 Å². The van der Waals surface area contributed by atoms with E-state index in [1.54, 1.807) is 6.92 Å². The largest absolute Gasteiger partial charge is 0.389 e. The first-order valence-electron chi connectivity index (χ1n) is 6.04. The van der Waals surface area contributed by atoms with Crippen molar-refractivity contribution in [1.29, 1.82) is 0 Å². The first-order chi connectivity index (χ1) is 8.33. The maximum absolute atomic E-state index is 12.2. The van der Waals surface area contributed by atoms with E-state index in [-0.39, 0.29) is 11.6 Å². The molecule has 18 heavy (non-hydrogen) atoms. The first kappa shape index (κ1) is 13.5. The minimum atomic E-state index is -3.59. The average molecular weight is 273 g/mol. The molecule has 7 heteroatoms. The Hall–Kier alpha value is -0.920. The SMILES string of the molecule is Cc1ncc(S(=O)(=O)N(C)CC2(O)CCCC2)[nH]1. The van der Waals surface area contributed by atoms with Crippen LogP contribution in [0.3, 0.4) is 0 Å². The number of likely N-dealkylation sites (N-methyl/N-ethyl adjacent to an activating group) is 1. The van der Waals surface area contributed by atoms with E-state index in [1.807, 2.05) is 0 Å². The number of sulfonamides is 1. The predicted molar refractivity (Wildman–Crippen MR) is 66.6 cm³/mol. The van der Waals surface area contributed by atoms with Crippen molar-refractivity contribution >= 4 is 10.0 Å². The number of nitrogens with one attached hydrogen (secondary N) is 1. The van der Waals surface area contributed by atoms with Crippen molar-refractivity contribution in [2.45, 2.75) is 43.2 Å². The Morgan fingerprint density at radius 1 is 1.50 bits per heavy atom. The first-order valence-corrected chi connectivity index (χ1v) is 7.48. The Labute approximate surface area is 107 Å². The van der Waals surface area contributed by atoms with E-state index in [2.05, 4.69) is 9.97 Å². The number of nitrogens with zero attached hydrogens (tertiary/aromatic N) is 2. The van der Waals surface area contributed by atoms with Gasteiger partial charge in [-0.2, -0.15) is 4.31 Å². The van der Waals surface area contributed by atoms with Gasteiger partial charge in [-0.1, -0.05) is 12.8 Å². The summed E-state index contributed by atoms with van der Waals surface area (Å²) in [4.78, 5) is 6.60. The standard InChI is InChI=1S/C11H19N3O3S/c1-9-12-7-10(13-9)18(16,17)14(2)8-11(15)5-3-4-6-11/h7,15H,3-6,8H2,1-2H3,(H,12,13). The van der Waals surface area contributed by atoms with E-state index < -0.39 is 15.6 Å². The van der Waals surface area contributed by atoms with Crippen molar-refractivity contribution in [2.24, 2.45) is 0 Å². The van der Waals surface area contributed by atoms with Gasteiger partial charge in [-0.25, -0.2) is 13.4 Å². The zero-order chi connectivity index (χ0) is 13.4. The summed E-state index contributed by atoms with van der Waals surface area (Å²) in [7, 11) is -2.10. The second kappa shape index (κ2) is 4.64. The molecule has 0 amide bonds. The Morgan fingerprint density at radius 3 is 2.61 bits per heavy atom. The highest BCUT2D eigenvalue weighted by atomic mass is 32.2. The Bertz CT molecular complexity index is 517. The molecule has 0 spiro atoms. The molecule has 0 atom stereocenters. The fourth-order valence-electron chi connectivity index (χ4n) is 2.39. The third-order valence-corrected chi connectivity index (χ3v) is 5.13. The summed E-state index contributed by atoms with van der Waals surface area (Å²) >= 11 is 0. The molecule has 1 aromatic rings. The van der Waals surface area contributed by atoms with Gasteiger partial charge >= 0.3 is 0 Å². The molecular formula is C11H19N3O3S. The van der Waals surface area contributed by atoms with Gasteiger partial charge in [0.15, 0.2) is 5.03 Å². The van der Waals surface area contributed by atoms with Crippen LogP contribution in [0, 0.1) is 6.92 Å². The molecule has 0 saturated heterocycles. The second-order valence-electron chi connectivity index (χ2n) is 5.03. The zero-order valence-corrected chi connectivity index (χ0v) is 11.5. The van der Waals surface area contributed by atoms with Gasteiger partial charge in [0.25, 0.3) is 10.0 Å². The summed E-state index contributed by atoms with van der Waals surface area (Å²) in [5.41, 5.74) is -0.878. The third-order valence-electron chi connectivity index (χ3n) is 3.42. The highest BCUT2D eigenvalue weighted by molar-refractivity contribution is 7.89. The van der Waals surface area contributed by atoms with Gasteiger partial charge in [0, 0.05) is 13.6 Å². The van der Waals surface area contributed by atoms with Crippen LogP contribution in [0.25, 0.3) is 0 Å². The van der Waals surface area contributed by atoms with Crippen molar-refractivity contribution < 1.29 is 13.5 Å². The van der Waals surface area contributed by atoms with Crippen LogP contribution < -0.4 is 0 Å². The molecule has 1 aromatic heterocycles. The van der Waals surface area contributed by atoms with E-state index in [4.69, 9.17) is 0 Å². The zero-order valence-electron chi connectivity index (χ0n) is 10.7. The number of hydrogen-bond acceptors (Lipinski definition) is 4. The molecule has 1 saturated carbocycles. The molecule has 6 nitrogen and oxygen atoms in total. The van der Waals surface area contributed by atoms with Crippen LogP contribution in [-0.4, -0.2) is 47.0 Å². The number of imidazole rings is 1. The molecule has 1 fully saturated rings. The van der Waals surface area contributed by atoms with Crippen molar-refractivity contribution in [1.82, 2.24) is 14.3 Å². The lowest BCUT2D eigenvalue weighted by Gasteiger charge is -2.27. The number of H-pyrrole nitrogens is 1. The Balaban J connectivity index is 2.15. The summed E-state index contributed by atoms with van der Waals surface area (Å²) in [6, 6.07) is 0. The Kier molecular flexibility index (Phi) is 3.48. The van der Waals surface area contributed by atoms with Crippen LogP contribution in [0.1, 0.15) is 31.5 Å². The predicted octanol–water partition coefficient (Wildman–Crippen LogP) is 0.644. The molecule has 1 aliphatic carbocycles.